The summed E-state index contributed by atoms with van der Waals surface area (Å²) in [6.07, 6.45) is -7.38. The highest BCUT2D eigenvalue weighted by Crippen LogP contribution is 2.25. The molecule has 10 nitrogen and oxygen atoms in total. The minimum Gasteiger partial charge on any atom is -0.475 e. The van der Waals surface area contributed by atoms with Gasteiger partial charge in [-0.05, 0) is 31.0 Å². The zero-order valence-corrected chi connectivity index (χ0v) is 21.2. The number of carboxylic acid groups (broad SMARTS) is 2. The number of nitrogens with zero attached hydrogens (tertiary/aromatic N) is 3. The number of amides is 1. The number of carbonyl (C=O) groups is 3. The van der Waals surface area contributed by atoms with Crippen molar-refractivity contribution < 1.29 is 55.7 Å². The van der Waals surface area contributed by atoms with E-state index in [1.54, 1.807) is 23.7 Å². The van der Waals surface area contributed by atoms with Crippen LogP contribution in [-0.4, -0.2) is 82.3 Å². The number of fused-ring (bicyclic) bond motifs is 1. The van der Waals surface area contributed by atoms with Crippen LogP contribution in [0.25, 0.3) is 0 Å². The van der Waals surface area contributed by atoms with Crippen molar-refractivity contribution >= 4 is 29.2 Å². The van der Waals surface area contributed by atoms with Gasteiger partial charge in [0.15, 0.2) is 0 Å². The maximum atomic E-state index is 11.9. The van der Waals surface area contributed by atoms with E-state index in [1.165, 1.54) is 15.3 Å². The van der Waals surface area contributed by atoms with Gasteiger partial charge in [0.05, 0.1) is 12.3 Å². The molecule has 3 rings (SSSR count). The molecule has 214 valence electrons. The van der Waals surface area contributed by atoms with E-state index in [0.717, 1.165) is 25.2 Å². The summed E-state index contributed by atoms with van der Waals surface area (Å²) >= 11 is 1.81. The zero-order valence-electron chi connectivity index (χ0n) is 20.4. The third-order valence-electron chi connectivity index (χ3n) is 4.57. The first-order chi connectivity index (χ1) is 17.4. The van der Waals surface area contributed by atoms with Crippen molar-refractivity contribution in [1.29, 1.82) is 0 Å². The summed E-state index contributed by atoms with van der Waals surface area (Å²) in [5.41, 5.74) is 2.15. The van der Waals surface area contributed by atoms with Gasteiger partial charge in [0.25, 0.3) is 0 Å². The van der Waals surface area contributed by atoms with Crippen LogP contribution in [0.4, 0.5) is 26.3 Å². The van der Waals surface area contributed by atoms with Crippen LogP contribution < -0.4 is 5.32 Å². The van der Waals surface area contributed by atoms with Crippen LogP contribution in [-0.2, 0) is 38.6 Å². The fraction of sp³-hybridized carbons (Fsp3) is 0.524. The molecule has 0 saturated carbocycles. The number of aromatic nitrogens is 2. The summed E-state index contributed by atoms with van der Waals surface area (Å²) in [7, 11) is 3.52. The van der Waals surface area contributed by atoms with Crippen molar-refractivity contribution in [3.63, 3.8) is 0 Å². The first-order valence-electron chi connectivity index (χ1n) is 10.7. The number of alkyl halides is 6. The van der Waals surface area contributed by atoms with Gasteiger partial charge in [0, 0.05) is 43.1 Å². The number of aliphatic carboxylic acids is 2. The van der Waals surface area contributed by atoms with E-state index in [4.69, 9.17) is 24.5 Å². The van der Waals surface area contributed by atoms with E-state index in [9.17, 15) is 31.1 Å². The van der Waals surface area contributed by atoms with Crippen molar-refractivity contribution in [3.05, 3.63) is 39.3 Å². The first kappa shape index (κ1) is 32.8. The van der Waals surface area contributed by atoms with Crippen molar-refractivity contribution in [2.75, 3.05) is 27.2 Å². The van der Waals surface area contributed by atoms with Gasteiger partial charge in [-0.25, -0.2) is 9.59 Å². The molecule has 1 unspecified atom stereocenters. The molecule has 3 N–H and O–H groups in total. The van der Waals surface area contributed by atoms with Gasteiger partial charge in [-0.1, -0.05) is 0 Å². The van der Waals surface area contributed by atoms with Crippen LogP contribution in [0.1, 0.15) is 27.1 Å². The number of hydrogen-bond donors (Lipinski definition) is 3. The lowest BCUT2D eigenvalue weighted by Gasteiger charge is -2.22. The highest BCUT2D eigenvalue weighted by molar-refractivity contribution is 7.11. The Morgan fingerprint density at radius 3 is 2.13 bits per heavy atom. The molecule has 2 aromatic heterocycles. The lowest BCUT2D eigenvalue weighted by molar-refractivity contribution is -0.193. The van der Waals surface area contributed by atoms with Crippen molar-refractivity contribution in [2.24, 2.45) is 0 Å². The number of nitrogens with one attached hydrogen (secondary N) is 1. The summed E-state index contributed by atoms with van der Waals surface area (Å²) in [4.78, 5) is 33.9. The van der Waals surface area contributed by atoms with Gasteiger partial charge in [0.1, 0.15) is 12.6 Å². The Bertz CT molecular complexity index is 1060. The van der Waals surface area contributed by atoms with E-state index < -0.39 is 24.3 Å². The number of carbonyl (C=O) groups excluding carboxylic acids is 1. The zero-order chi connectivity index (χ0) is 29.3. The van der Waals surface area contributed by atoms with Crippen LogP contribution in [0.2, 0.25) is 0 Å². The maximum absolute atomic E-state index is 11.9. The van der Waals surface area contributed by atoms with Crippen LogP contribution in [0.3, 0.4) is 0 Å². The van der Waals surface area contributed by atoms with Crippen molar-refractivity contribution in [1.82, 2.24) is 20.0 Å². The highest BCUT2D eigenvalue weighted by Gasteiger charge is 2.38. The first-order valence-corrected chi connectivity index (χ1v) is 11.5. The van der Waals surface area contributed by atoms with E-state index in [0.29, 0.717) is 6.61 Å². The second-order valence-electron chi connectivity index (χ2n) is 7.88. The minimum absolute atomic E-state index is 0.0403. The highest BCUT2D eigenvalue weighted by atomic mass is 32.1. The molecule has 38 heavy (non-hydrogen) atoms. The molecular formula is C21H26F6N4O6S. The lowest BCUT2D eigenvalue weighted by atomic mass is 10.1. The number of thiophene rings is 1. The van der Waals surface area contributed by atoms with Crippen LogP contribution >= 0.6 is 11.3 Å². The molecule has 17 heteroatoms. The average Bonchev–Trinajstić information content (AvgIpc) is 3.39. The van der Waals surface area contributed by atoms with Crippen LogP contribution in [0, 0.1) is 6.92 Å². The number of carboxylic acids is 2. The third-order valence-corrected chi connectivity index (χ3v) is 5.57. The van der Waals surface area contributed by atoms with Gasteiger partial charge in [0.2, 0.25) is 5.91 Å². The minimum atomic E-state index is -5.08. The number of likely N-dealkylation sites (N-methyl/N-ethyl adjacent to an activating group) is 1. The Balaban J connectivity index is 0.000000426. The smallest absolute Gasteiger partial charge is 0.475 e. The monoisotopic (exact) mass is 576 g/mol. The van der Waals surface area contributed by atoms with Crippen LogP contribution in [0.5, 0.6) is 0 Å². The number of rotatable bonds is 6. The molecule has 1 atom stereocenters. The van der Waals surface area contributed by atoms with Gasteiger partial charge in [-0.2, -0.15) is 31.4 Å². The predicted octanol–water partition coefficient (Wildman–Crippen LogP) is 3.01. The maximum Gasteiger partial charge on any atom is 0.490 e. The summed E-state index contributed by atoms with van der Waals surface area (Å²) in [6.45, 7) is 4.65. The second-order valence-corrected chi connectivity index (χ2v) is 9.26. The van der Waals surface area contributed by atoms with E-state index in [1.807, 2.05) is 17.5 Å². The number of halogens is 6. The molecule has 1 aliphatic heterocycles. The molecular weight excluding hydrogens is 550 g/mol. The molecule has 3 heterocycles. The molecule has 1 aliphatic rings. The molecule has 0 saturated heterocycles. The van der Waals surface area contributed by atoms with Crippen LogP contribution in [0.15, 0.2) is 18.3 Å². The predicted molar refractivity (Wildman–Crippen MR) is 121 cm³/mol. The molecule has 0 bridgehead atoms. The van der Waals surface area contributed by atoms with Gasteiger partial charge < -0.3 is 25.2 Å². The molecule has 0 fully saturated rings. The van der Waals surface area contributed by atoms with E-state index in [2.05, 4.69) is 29.5 Å². The Hall–Kier alpha value is -3.18. The Kier molecular flexibility index (Phi) is 12.2. The van der Waals surface area contributed by atoms with Crippen molar-refractivity contribution in [3.8, 4) is 0 Å². The topological polar surface area (TPSA) is 134 Å². The molecule has 0 aromatic carbocycles. The fourth-order valence-electron chi connectivity index (χ4n) is 2.75. The summed E-state index contributed by atoms with van der Waals surface area (Å²) in [5.74, 6) is -5.47. The summed E-state index contributed by atoms with van der Waals surface area (Å²) in [6, 6.07) is 4.29. The normalized spacial score (nSPS) is 14.8. The summed E-state index contributed by atoms with van der Waals surface area (Å²) in [5, 5.41) is 22.3. The van der Waals surface area contributed by atoms with Crippen molar-refractivity contribution in [2.45, 2.75) is 44.9 Å². The van der Waals surface area contributed by atoms with E-state index in [-0.39, 0.29) is 18.6 Å². The molecule has 1 amide bonds. The Morgan fingerprint density at radius 1 is 1.13 bits per heavy atom. The second kappa shape index (κ2) is 14.1. The Morgan fingerprint density at radius 2 is 1.68 bits per heavy atom. The molecule has 0 spiro atoms. The number of aryl methyl sites for hydroxylation is 1. The number of ether oxygens (including phenoxy) is 1. The molecule has 0 radical (unpaired) electrons. The SMILES string of the molecule is Cc1ccc(CNCC2OCCc3cn(CC(=O)N(C)C)nc32)s1.O=C(O)C(F)(F)F.O=C(O)C(F)(F)F. The standard InChI is InChI=1S/C17H24N4O2S.2C2HF3O2/c1-12-4-5-14(24-12)8-18-9-15-17-13(6-7-23-15)10-21(19-17)11-16(22)20(2)3;2*3-2(4,5)1(6)7/h4-5,10,15,18H,6-9,11H2,1-3H3;2*(H,6,7). The summed E-state index contributed by atoms with van der Waals surface area (Å²) < 4.78 is 71.1. The van der Waals surface area contributed by atoms with E-state index >= 15 is 0 Å². The molecule has 2 aromatic rings. The van der Waals surface area contributed by atoms with Gasteiger partial charge in [-0.15, -0.1) is 11.3 Å². The van der Waals surface area contributed by atoms with Gasteiger partial charge >= 0.3 is 24.3 Å². The third kappa shape index (κ3) is 11.5. The molecule has 0 aliphatic carbocycles. The largest absolute Gasteiger partial charge is 0.490 e. The lowest BCUT2D eigenvalue weighted by Crippen LogP contribution is -2.28. The average molecular weight is 577 g/mol. The Labute approximate surface area is 216 Å². The quantitative estimate of drug-likeness (QED) is 0.447. The van der Waals surface area contributed by atoms with Gasteiger partial charge in [-0.3, -0.25) is 9.48 Å². The number of hydrogen-bond acceptors (Lipinski definition) is 7. The fourth-order valence-corrected chi connectivity index (χ4v) is 3.61.